The van der Waals surface area contributed by atoms with Gasteiger partial charge in [0.15, 0.2) is 5.78 Å². The lowest BCUT2D eigenvalue weighted by atomic mass is 10.0. The van der Waals surface area contributed by atoms with Gasteiger partial charge in [-0.15, -0.1) is 0 Å². The second-order valence-corrected chi connectivity index (χ2v) is 5.00. The third kappa shape index (κ3) is 4.26. The van der Waals surface area contributed by atoms with Gasteiger partial charge in [-0.3, -0.25) is 9.78 Å². The van der Waals surface area contributed by atoms with E-state index >= 15 is 0 Å². The van der Waals surface area contributed by atoms with Gasteiger partial charge in [0.2, 0.25) is 0 Å². The van der Waals surface area contributed by atoms with Crippen LogP contribution >= 0.6 is 11.6 Å². The van der Waals surface area contributed by atoms with E-state index in [1.165, 1.54) is 24.4 Å². The highest BCUT2D eigenvalue weighted by Gasteiger charge is 2.11. The van der Waals surface area contributed by atoms with Crippen LogP contribution in [-0.2, 0) is 6.42 Å². The van der Waals surface area contributed by atoms with Crippen LogP contribution < -0.4 is 4.74 Å². The maximum Gasteiger partial charge on any atom is 0.168 e. The van der Waals surface area contributed by atoms with Crippen molar-refractivity contribution in [2.24, 2.45) is 0 Å². The lowest BCUT2D eigenvalue weighted by Gasteiger charge is -2.07. The Balaban J connectivity index is 2.12. The first-order chi connectivity index (χ1) is 10.1. The molecule has 5 heteroatoms. The standard InChI is InChI=1S/C16H15ClFNO2/c1-2-5-21-14-6-12(9-19-10-14)16(20)7-11-3-4-13(18)8-15(11)17/h3-4,6,8-10H,2,5,7H2,1H3. The zero-order valence-electron chi connectivity index (χ0n) is 11.6. The minimum Gasteiger partial charge on any atom is -0.492 e. The molecule has 3 nitrogen and oxygen atoms in total. The first-order valence-corrected chi connectivity index (χ1v) is 7.03. The van der Waals surface area contributed by atoms with Crippen LogP contribution in [0, 0.1) is 5.82 Å². The van der Waals surface area contributed by atoms with E-state index in [9.17, 15) is 9.18 Å². The number of nitrogens with zero attached hydrogens (tertiary/aromatic N) is 1. The number of rotatable bonds is 6. The number of Topliss-reactive ketones (excluding diaryl/α,β-unsaturated/α-hetero) is 1. The molecule has 0 N–H and O–H groups in total. The monoisotopic (exact) mass is 307 g/mol. The van der Waals surface area contributed by atoms with Gasteiger partial charge in [0, 0.05) is 23.2 Å². The highest BCUT2D eigenvalue weighted by Crippen LogP contribution is 2.20. The van der Waals surface area contributed by atoms with Crippen molar-refractivity contribution in [2.75, 3.05) is 6.61 Å². The summed E-state index contributed by atoms with van der Waals surface area (Å²) in [6, 6.07) is 5.65. The van der Waals surface area contributed by atoms with Crippen LogP contribution in [-0.4, -0.2) is 17.4 Å². The van der Waals surface area contributed by atoms with Crippen molar-refractivity contribution in [2.45, 2.75) is 19.8 Å². The fraction of sp³-hybridized carbons (Fsp3) is 0.250. The molecular formula is C16H15ClFNO2. The minimum atomic E-state index is -0.423. The van der Waals surface area contributed by atoms with Gasteiger partial charge in [0.25, 0.3) is 0 Å². The Labute approximate surface area is 127 Å². The number of ketones is 1. The summed E-state index contributed by atoms with van der Waals surface area (Å²) in [6.45, 7) is 2.57. The van der Waals surface area contributed by atoms with E-state index in [4.69, 9.17) is 16.3 Å². The van der Waals surface area contributed by atoms with Crippen molar-refractivity contribution < 1.29 is 13.9 Å². The molecule has 1 heterocycles. The maximum atomic E-state index is 13.0. The predicted octanol–water partition coefficient (Wildman–Crippen LogP) is 4.09. The summed E-state index contributed by atoms with van der Waals surface area (Å²) in [5.74, 6) is -0.00121. The number of benzene rings is 1. The third-order valence-electron chi connectivity index (χ3n) is 2.87. The topological polar surface area (TPSA) is 39.2 Å². The van der Waals surface area contributed by atoms with E-state index in [2.05, 4.69) is 4.98 Å². The molecule has 1 aromatic heterocycles. The van der Waals surface area contributed by atoms with Gasteiger partial charge in [-0.25, -0.2) is 4.39 Å². The molecule has 0 unspecified atom stereocenters. The first-order valence-electron chi connectivity index (χ1n) is 6.65. The molecule has 0 radical (unpaired) electrons. The zero-order chi connectivity index (χ0) is 15.2. The van der Waals surface area contributed by atoms with Crippen LogP contribution in [0.25, 0.3) is 0 Å². The molecule has 21 heavy (non-hydrogen) atoms. The fourth-order valence-electron chi connectivity index (χ4n) is 1.81. The van der Waals surface area contributed by atoms with E-state index < -0.39 is 5.82 Å². The Morgan fingerprint density at radius 2 is 2.14 bits per heavy atom. The van der Waals surface area contributed by atoms with E-state index in [1.807, 2.05) is 6.92 Å². The number of aromatic nitrogens is 1. The van der Waals surface area contributed by atoms with Crippen LogP contribution in [0.4, 0.5) is 4.39 Å². The van der Waals surface area contributed by atoms with E-state index in [0.29, 0.717) is 23.5 Å². The second-order valence-electron chi connectivity index (χ2n) is 4.59. The molecule has 0 saturated carbocycles. The summed E-state index contributed by atoms with van der Waals surface area (Å²) in [4.78, 5) is 16.2. The highest BCUT2D eigenvalue weighted by atomic mass is 35.5. The molecule has 0 aliphatic heterocycles. The molecule has 0 saturated heterocycles. The Hall–Kier alpha value is -1.94. The zero-order valence-corrected chi connectivity index (χ0v) is 12.4. The first kappa shape index (κ1) is 15.4. The molecule has 2 aromatic rings. The molecule has 0 aliphatic carbocycles. The Kier molecular flexibility index (Phi) is 5.28. The van der Waals surface area contributed by atoms with Gasteiger partial charge in [-0.2, -0.15) is 0 Å². The average molecular weight is 308 g/mol. The van der Waals surface area contributed by atoms with Gasteiger partial charge in [-0.1, -0.05) is 24.6 Å². The predicted molar refractivity (Wildman–Crippen MR) is 79.5 cm³/mol. The van der Waals surface area contributed by atoms with Crippen molar-refractivity contribution in [3.05, 3.63) is 58.6 Å². The highest BCUT2D eigenvalue weighted by molar-refractivity contribution is 6.31. The van der Waals surface area contributed by atoms with E-state index in [1.54, 1.807) is 12.3 Å². The fourth-order valence-corrected chi connectivity index (χ4v) is 2.04. The summed E-state index contributed by atoms with van der Waals surface area (Å²) < 4.78 is 18.4. The van der Waals surface area contributed by atoms with Gasteiger partial charge >= 0.3 is 0 Å². The number of hydrogen-bond donors (Lipinski definition) is 0. The Bertz CT molecular complexity index is 646. The van der Waals surface area contributed by atoms with Crippen LogP contribution in [0.15, 0.2) is 36.7 Å². The van der Waals surface area contributed by atoms with Crippen molar-refractivity contribution in [1.82, 2.24) is 4.98 Å². The number of pyridine rings is 1. The molecule has 0 amide bonds. The van der Waals surface area contributed by atoms with Crippen LogP contribution in [0.2, 0.25) is 5.02 Å². The van der Waals surface area contributed by atoms with Crippen molar-refractivity contribution in [3.63, 3.8) is 0 Å². The van der Waals surface area contributed by atoms with Gasteiger partial charge in [0.1, 0.15) is 11.6 Å². The van der Waals surface area contributed by atoms with Crippen molar-refractivity contribution in [3.8, 4) is 5.75 Å². The molecule has 0 spiro atoms. The van der Waals surface area contributed by atoms with Crippen molar-refractivity contribution >= 4 is 17.4 Å². The summed E-state index contributed by atoms with van der Waals surface area (Å²) in [6.07, 6.45) is 4.03. The molecule has 0 aliphatic rings. The quantitative estimate of drug-likeness (QED) is 0.755. The molecule has 110 valence electrons. The molecule has 0 bridgehead atoms. The number of carbonyl (C=O) groups is 1. The Morgan fingerprint density at radius 1 is 1.33 bits per heavy atom. The second kappa shape index (κ2) is 7.18. The average Bonchev–Trinajstić information content (AvgIpc) is 2.48. The smallest absolute Gasteiger partial charge is 0.168 e. The summed E-state index contributed by atoms with van der Waals surface area (Å²) in [7, 11) is 0. The summed E-state index contributed by atoms with van der Waals surface area (Å²) in [5, 5.41) is 0.245. The maximum absolute atomic E-state index is 13.0. The van der Waals surface area contributed by atoms with Crippen LogP contribution in [0.3, 0.4) is 0 Å². The van der Waals surface area contributed by atoms with Gasteiger partial charge < -0.3 is 4.74 Å². The number of hydrogen-bond acceptors (Lipinski definition) is 3. The van der Waals surface area contributed by atoms with Crippen LogP contribution in [0.1, 0.15) is 29.3 Å². The summed E-state index contributed by atoms with van der Waals surface area (Å²) >= 11 is 5.93. The van der Waals surface area contributed by atoms with E-state index in [-0.39, 0.29) is 17.2 Å². The molecule has 0 fully saturated rings. The molecule has 2 rings (SSSR count). The van der Waals surface area contributed by atoms with Gasteiger partial charge in [-0.05, 0) is 30.2 Å². The minimum absolute atomic E-state index is 0.0953. The van der Waals surface area contributed by atoms with Crippen molar-refractivity contribution in [1.29, 1.82) is 0 Å². The lowest BCUT2D eigenvalue weighted by molar-refractivity contribution is 0.0992. The molecular weight excluding hydrogens is 293 g/mol. The van der Waals surface area contributed by atoms with Gasteiger partial charge in [0.05, 0.1) is 12.8 Å². The molecule has 0 atom stereocenters. The number of carbonyl (C=O) groups excluding carboxylic acids is 1. The largest absolute Gasteiger partial charge is 0.492 e. The Morgan fingerprint density at radius 3 is 2.86 bits per heavy atom. The van der Waals surface area contributed by atoms with Crippen LogP contribution in [0.5, 0.6) is 5.75 Å². The SMILES string of the molecule is CCCOc1cncc(C(=O)Cc2ccc(F)cc2Cl)c1. The summed E-state index contributed by atoms with van der Waals surface area (Å²) in [5.41, 5.74) is 1.03. The molecule has 1 aromatic carbocycles. The number of ether oxygens (including phenoxy) is 1. The number of halogens is 2. The normalized spacial score (nSPS) is 10.4. The lowest BCUT2D eigenvalue weighted by Crippen LogP contribution is -2.06. The van der Waals surface area contributed by atoms with E-state index in [0.717, 1.165) is 6.42 Å². The third-order valence-corrected chi connectivity index (χ3v) is 3.23.